The van der Waals surface area contributed by atoms with Gasteiger partial charge in [0, 0.05) is 10.9 Å². The summed E-state index contributed by atoms with van der Waals surface area (Å²) in [5.74, 6) is -0.0588. The van der Waals surface area contributed by atoms with Crippen LogP contribution in [0.5, 0.6) is 11.5 Å². The lowest BCUT2D eigenvalue weighted by molar-refractivity contribution is -0.138. The second-order valence-electron chi connectivity index (χ2n) is 4.14. The van der Waals surface area contributed by atoms with Crippen molar-refractivity contribution in [3.63, 3.8) is 0 Å². The maximum Gasteiger partial charge on any atom is 0.419 e. The van der Waals surface area contributed by atoms with E-state index in [-0.39, 0.29) is 17.4 Å². The molecule has 2 aromatic rings. The maximum atomic E-state index is 13.1. The summed E-state index contributed by atoms with van der Waals surface area (Å²) in [5, 5.41) is 0.447. The van der Waals surface area contributed by atoms with E-state index in [2.05, 4.69) is 15.9 Å². The van der Waals surface area contributed by atoms with E-state index in [1.54, 1.807) is 0 Å². The average molecular weight is 400 g/mol. The first kappa shape index (κ1) is 16.5. The standard InChI is InChI=1S/C14H8BrCl2F3O/c15-11-6-9(17)2-4-13(11)21-12-3-1-8(7-16)5-10(12)14(18,19)20/h1-6H,7H2. The molecular formula is C14H8BrCl2F3O. The second kappa shape index (κ2) is 6.46. The van der Waals surface area contributed by atoms with Gasteiger partial charge in [0.1, 0.15) is 11.5 Å². The molecular weight excluding hydrogens is 392 g/mol. The Hall–Kier alpha value is -0.910. The smallest absolute Gasteiger partial charge is 0.419 e. The topological polar surface area (TPSA) is 9.23 Å². The van der Waals surface area contributed by atoms with Crippen LogP contribution in [0.1, 0.15) is 11.1 Å². The first-order chi connectivity index (χ1) is 9.81. The Morgan fingerprint density at radius 3 is 2.29 bits per heavy atom. The number of ether oxygens (including phenoxy) is 1. The summed E-state index contributed by atoms with van der Waals surface area (Å²) in [4.78, 5) is 0. The van der Waals surface area contributed by atoms with Gasteiger partial charge in [0.15, 0.2) is 0 Å². The summed E-state index contributed by atoms with van der Waals surface area (Å²) in [5.41, 5.74) is -0.506. The normalized spacial score (nSPS) is 11.5. The van der Waals surface area contributed by atoms with Crippen molar-refractivity contribution in [1.82, 2.24) is 0 Å². The van der Waals surface area contributed by atoms with Crippen LogP contribution >= 0.6 is 39.1 Å². The molecule has 0 fully saturated rings. The third-order valence-corrected chi connectivity index (χ3v) is 3.78. The van der Waals surface area contributed by atoms with Gasteiger partial charge in [0.25, 0.3) is 0 Å². The highest BCUT2D eigenvalue weighted by atomic mass is 79.9. The minimum Gasteiger partial charge on any atom is -0.456 e. The van der Waals surface area contributed by atoms with E-state index < -0.39 is 11.7 Å². The lowest BCUT2D eigenvalue weighted by atomic mass is 10.1. The van der Waals surface area contributed by atoms with Crippen LogP contribution in [0.25, 0.3) is 0 Å². The fourth-order valence-electron chi connectivity index (χ4n) is 1.65. The van der Waals surface area contributed by atoms with Crippen LogP contribution < -0.4 is 4.74 Å². The molecule has 2 aromatic carbocycles. The van der Waals surface area contributed by atoms with Gasteiger partial charge >= 0.3 is 6.18 Å². The molecule has 0 aromatic heterocycles. The van der Waals surface area contributed by atoms with Crippen molar-refractivity contribution in [3.05, 3.63) is 57.0 Å². The Morgan fingerprint density at radius 2 is 1.71 bits per heavy atom. The molecule has 0 radical (unpaired) electrons. The minimum atomic E-state index is -4.53. The number of benzene rings is 2. The summed E-state index contributed by atoms with van der Waals surface area (Å²) in [7, 11) is 0. The molecule has 0 bridgehead atoms. The first-order valence-electron chi connectivity index (χ1n) is 5.70. The number of rotatable bonds is 3. The van der Waals surface area contributed by atoms with E-state index in [1.165, 1.54) is 30.3 Å². The van der Waals surface area contributed by atoms with E-state index in [9.17, 15) is 13.2 Å². The van der Waals surface area contributed by atoms with Crippen molar-refractivity contribution in [2.24, 2.45) is 0 Å². The highest BCUT2D eigenvalue weighted by molar-refractivity contribution is 9.10. The fourth-order valence-corrected chi connectivity index (χ4v) is 2.58. The predicted molar refractivity (Wildman–Crippen MR) is 80.2 cm³/mol. The van der Waals surface area contributed by atoms with E-state index in [1.807, 2.05) is 0 Å². The molecule has 7 heteroatoms. The van der Waals surface area contributed by atoms with Crippen LogP contribution in [0.4, 0.5) is 13.2 Å². The van der Waals surface area contributed by atoms with Gasteiger partial charge in [-0.2, -0.15) is 13.2 Å². The minimum absolute atomic E-state index is 0.00595. The Labute approximate surface area is 137 Å². The van der Waals surface area contributed by atoms with E-state index >= 15 is 0 Å². The maximum absolute atomic E-state index is 13.1. The zero-order valence-electron chi connectivity index (χ0n) is 10.3. The number of hydrogen-bond donors (Lipinski definition) is 0. The van der Waals surface area contributed by atoms with Gasteiger partial charge in [-0.3, -0.25) is 0 Å². The van der Waals surface area contributed by atoms with E-state index in [0.717, 1.165) is 6.07 Å². The summed E-state index contributed by atoms with van der Waals surface area (Å²) in [6.45, 7) is 0. The van der Waals surface area contributed by atoms with Crippen molar-refractivity contribution in [2.45, 2.75) is 12.1 Å². The van der Waals surface area contributed by atoms with Gasteiger partial charge in [-0.25, -0.2) is 0 Å². The van der Waals surface area contributed by atoms with Gasteiger partial charge in [-0.1, -0.05) is 17.7 Å². The van der Waals surface area contributed by atoms with Crippen LogP contribution in [0.15, 0.2) is 40.9 Å². The van der Waals surface area contributed by atoms with Crippen LogP contribution in [0.3, 0.4) is 0 Å². The predicted octanol–water partition coefficient (Wildman–Crippen LogP) is 6.65. The third-order valence-electron chi connectivity index (χ3n) is 2.62. The molecule has 0 aliphatic rings. The summed E-state index contributed by atoms with van der Waals surface area (Å²) >= 11 is 14.6. The molecule has 0 saturated carbocycles. The van der Waals surface area contributed by atoms with Crippen molar-refractivity contribution < 1.29 is 17.9 Å². The average Bonchev–Trinajstić information content (AvgIpc) is 2.41. The third kappa shape index (κ3) is 4.05. The second-order valence-corrected chi connectivity index (χ2v) is 5.70. The molecule has 0 atom stereocenters. The quantitative estimate of drug-likeness (QED) is 0.525. The van der Waals surface area contributed by atoms with Gasteiger partial charge in [0.2, 0.25) is 0 Å². The van der Waals surface area contributed by atoms with Gasteiger partial charge in [0.05, 0.1) is 10.0 Å². The van der Waals surface area contributed by atoms with Crippen molar-refractivity contribution in [1.29, 1.82) is 0 Å². The molecule has 0 amide bonds. The largest absolute Gasteiger partial charge is 0.456 e. The summed E-state index contributed by atoms with van der Waals surface area (Å²) < 4.78 is 45.0. The monoisotopic (exact) mass is 398 g/mol. The Balaban J connectivity index is 2.44. The molecule has 21 heavy (non-hydrogen) atoms. The molecule has 0 spiro atoms. The van der Waals surface area contributed by atoms with Crippen LogP contribution in [0.2, 0.25) is 5.02 Å². The highest BCUT2D eigenvalue weighted by Gasteiger charge is 2.35. The molecule has 0 N–H and O–H groups in total. The van der Waals surface area contributed by atoms with Gasteiger partial charge < -0.3 is 4.74 Å². The number of hydrogen-bond acceptors (Lipinski definition) is 1. The zero-order chi connectivity index (χ0) is 15.6. The molecule has 0 unspecified atom stereocenters. The summed E-state index contributed by atoms with van der Waals surface area (Å²) in [6.07, 6.45) is -4.53. The molecule has 0 saturated heterocycles. The lowest BCUT2D eigenvalue weighted by Crippen LogP contribution is -2.08. The molecule has 2 rings (SSSR count). The van der Waals surface area contributed by atoms with Crippen molar-refractivity contribution in [3.8, 4) is 11.5 Å². The van der Waals surface area contributed by atoms with Crippen LogP contribution in [0, 0.1) is 0 Å². The van der Waals surface area contributed by atoms with Crippen molar-refractivity contribution in [2.75, 3.05) is 0 Å². The lowest BCUT2D eigenvalue weighted by Gasteiger charge is -2.15. The zero-order valence-corrected chi connectivity index (χ0v) is 13.4. The molecule has 0 heterocycles. The first-order valence-corrected chi connectivity index (χ1v) is 7.41. The van der Waals surface area contributed by atoms with E-state index in [4.69, 9.17) is 27.9 Å². The highest BCUT2D eigenvalue weighted by Crippen LogP contribution is 2.40. The fraction of sp³-hybridized carbons (Fsp3) is 0.143. The molecule has 1 nitrogen and oxygen atoms in total. The molecule has 0 aliphatic heterocycles. The molecule has 112 valence electrons. The SMILES string of the molecule is FC(F)(F)c1cc(CCl)ccc1Oc1ccc(Cl)cc1Br. The summed E-state index contributed by atoms with van der Waals surface area (Å²) in [6, 6.07) is 8.27. The van der Waals surface area contributed by atoms with Crippen molar-refractivity contribution >= 4 is 39.1 Å². The number of alkyl halides is 4. The Bertz CT molecular complexity index is 659. The Morgan fingerprint density at radius 1 is 1.05 bits per heavy atom. The van der Waals surface area contributed by atoms with Crippen LogP contribution in [-0.2, 0) is 12.1 Å². The molecule has 0 aliphatic carbocycles. The van der Waals surface area contributed by atoms with Gasteiger partial charge in [-0.05, 0) is 51.8 Å². The van der Waals surface area contributed by atoms with Crippen LogP contribution in [-0.4, -0.2) is 0 Å². The number of halogens is 6. The Kier molecular flexibility index (Phi) is 5.07. The van der Waals surface area contributed by atoms with E-state index in [0.29, 0.717) is 15.1 Å². The van der Waals surface area contributed by atoms with Gasteiger partial charge in [-0.15, -0.1) is 11.6 Å².